The molecule has 3 aliphatic rings. The van der Waals surface area contributed by atoms with Crippen LogP contribution in [0.1, 0.15) is 53.3 Å². The van der Waals surface area contributed by atoms with Gasteiger partial charge in [0.1, 0.15) is 17.7 Å². The first kappa shape index (κ1) is 28.0. The first-order chi connectivity index (χ1) is 19.6. The van der Waals surface area contributed by atoms with Crippen molar-refractivity contribution in [1.29, 1.82) is 0 Å². The van der Waals surface area contributed by atoms with Crippen molar-refractivity contribution in [2.45, 2.75) is 56.4 Å². The van der Waals surface area contributed by atoms with Crippen molar-refractivity contribution in [3.05, 3.63) is 52.2 Å². The maximum atomic E-state index is 14.1. The summed E-state index contributed by atoms with van der Waals surface area (Å²) in [6, 6.07) is 6.76. The van der Waals surface area contributed by atoms with Gasteiger partial charge in [-0.05, 0) is 49.8 Å². The number of fused-ring (bicyclic) bond motifs is 4. The standard InChI is InChI=1S/C28H34ClF3N8O/c1-37-11-9-34-23(28(30,31)32)8-6-17-5-7-18(29)12-20(17)27(41)39-10-3-2-4-22(39)21-13-25-35-24(38-15-19(33)16-38)14-26(37)40(25)36-21/h5,7,12-14,19,22-23,34H,2-4,6,8-11,15-16,33H2,1H3. The molecule has 1 amide bonds. The van der Waals surface area contributed by atoms with Gasteiger partial charge in [-0.15, -0.1) is 0 Å². The fraction of sp³-hybridized carbons (Fsp3) is 0.536. The summed E-state index contributed by atoms with van der Waals surface area (Å²) in [5.41, 5.74) is 8.28. The van der Waals surface area contributed by atoms with Crippen LogP contribution in [-0.4, -0.2) is 83.4 Å². The number of rotatable bonds is 1. The highest BCUT2D eigenvalue weighted by Gasteiger charge is 2.39. The lowest BCUT2D eigenvalue weighted by atomic mass is 9.95. The first-order valence-corrected chi connectivity index (χ1v) is 14.5. The normalized spacial score (nSPS) is 23.1. The fourth-order valence-corrected chi connectivity index (χ4v) is 6.24. The Kier molecular flexibility index (Phi) is 7.50. The lowest BCUT2D eigenvalue weighted by molar-refractivity contribution is -0.156. The van der Waals surface area contributed by atoms with Crippen LogP contribution in [0.25, 0.3) is 5.65 Å². The van der Waals surface area contributed by atoms with Crippen molar-refractivity contribution in [3.8, 4) is 0 Å². The summed E-state index contributed by atoms with van der Waals surface area (Å²) < 4.78 is 43.9. The van der Waals surface area contributed by atoms with E-state index >= 15 is 0 Å². The predicted molar refractivity (Wildman–Crippen MR) is 152 cm³/mol. The molecule has 3 aliphatic heterocycles. The largest absolute Gasteiger partial charge is 0.403 e. The molecule has 1 aromatic carbocycles. The van der Waals surface area contributed by atoms with Crippen LogP contribution < -0.4 is 20.9 Å². The molecule has 220 valence electrons. The molecular formula is C28H34ClF3N8O. The molecule has 6 rings (SSSR count). The topological polar surface area (TPSA) is 95.0 Å². The molecule has 2 saturated heterocycles. The minimum absolute atomic E-state index is 0.0749. The van der Waals surface area contributed by atoms with E-state index in [1.54, 1.807) is 27.6 Å². The minimum Gasteiger partial charge on any atom is -0.358 e. The molecule has 0 spiro atoms. The Morgan fingerprint density at radius 2 is 1.90 bits per heavy atom. The molecule has 5 heterocycles. The van der Waals surface area contributed by atoms with Gasteiger partial charge in [0.25, 0.3) is 5.91 Å². The number of halogens is 4. The second-order valence-corrected chi connectivity index (χ2v) is 11.7. The quantitative estimate of drug-likeness (QED) is 0.445. The van der Waals surface area contributed by atoms with E-state index in [4.69, 9.17) is 27.4 Å². The number of amides is 1. The van der Waals surface area contributed by atoms with Gasteiger partial charge in [-0.3, -0.25) is 4.79 Å². The van der Waals surface area contributed by atoms with E-state index in [1.165, 1.54) is 0 Å². The number of alkyl halides is 3. The smallest absolute Gasteiger partial charge is 0.358 e. The molecule has 2 bridgehead atoms. The molecule has 3 N–H and O–H groups in total. The SMILES string of the molecule is CN1CCNC(C(F)(F)F)CCc2ccc(Cl)cc2C(=O)N2CCCCC2c2cc3nc(N4CC(N)C4)cc1n3n2. The molecule has 0 radical (unpaired) electrons. The second-order valence-electron chi connectivity index (χ2n) is 11.3. The van der Waals surface area contributed by atoms with E-state index in [0.29, 0.717) is 53.8 Å². The molecule has 9 nitrogen and oxygen atoms in total. The van der Waals surface area contributed by atoms with Crippen LogP contribution in [0.3, 0.4) is 0 Å². The maximum Gasteiger partial charge on any atom is 0.403 e. The zero-order valence-electron chi connectivity index (χ0n) is 22.9. The molecule has 2 aromatic heterocycles. The summed E-state index contributed by atoms with van der Waals surface area (Å²) in [5, 5.41) is 8.01. The van der Waals surface area contributed by atoms with E-state index in [2.05, 4.69) is 10.2 Å². The van der Waals surface area contributed by atoms with Crippen LogP contribution >= 0.6 is 11.6 Å². The third-order valence-corrected chi connectivity index (χ3v) is 8.62. The summed E-state index contributed by atoms with van der Waals surface area (Å²) in [7, 11) is 1.84. The number of carbonyl (C=O) groups excluding carboxylic acids is 1. The number of nitrogens with two attached hydrogens (primary N) is 1. The van der Waals surface area contributed by atoms with Gasteiger partial charge in [-0.25, -0.2) is 4.98 Å². The number of piperidine rings is 1. The zero-order valence-corrected chi connectivity index (χ0v) is 23.6. The Morgan fingerprint density at radius 3 is 2.66 bits per heavy atom. The van der Waals surface area contributed by atoms with Crippen LogP contribution in [0.5, 0.6) is 0 Å². The molecule has 3 aromatic rings. The third kappa shape index (κ3) is 5.56. The number of nitrogens with one attached hydrogen (secondary N) is 1. The zero-order chi connectivity index (χ0) is 28.9. The number of aromatic nitrogens is 3. The van der Waals surface area contributed by atoms with Crippen LogP contribution in [0, 0.1) is 0 Å². The summed E-state index contributed by atoms with van der Waals surface area (Å²) in [5.74, 6) is 1.21. The fourth-order valence-electron chi connectivity index (χ4n) is 6.06. The minimum atomic E-state index is -4.44. The second kappa shape index (κ2) is 11.0. The molecule has 13 heteroatoms. The van der Waals surface area contributed by atoms with Crippen molar-refractivity contribution in [3.63, 3.8) is 0 Å². The van der Waals surface area contributed by atoms with Gasteiger partial charge in [-0.1, -0.05) is 17.7 Å². The number of benzene rings is 1. The lowest BCUT2D eigenvalue weighted by Gasteiger charge is -2.38. The predicted octanol–water partition coefficient (Wildman–Crippen LogP) is 3.80. The van der Waals surface area contributed by atoms with Crippen molar-refractivity contribution in [2.24, 2.45) is 5.73 Å². The van der Waals surface area contributed by atoms with Gasteiger partial charge in [0, 0.05) is 68.5 Å². The number of carbonyl (C=O) groups is 1. The van der Waals surface area contributed by atoms with Crippen LogP contribution in [0.2, 0.25) is 5.02 Å². The molecular weight excluding hydrogens is 557 g/mol. The molecule has 0 saturated carbocycles. The van der Waals surface area contributed by atoms with Gasteiger partial charge >= 0.3 is 6.18 Å². The number of anilines is 2. The van der Waals surface area contributed by atoms with Crippen LogP contribution in [0.4, 0.5) is 24.8 Å². The summed E-state index contributed by atoms with van der Waals surface area (Å²) in [4.78, 5) is 24.7. The number of hydrogen-bond donors (Lipinski definition) is 2. The molecule has 2 unspecified atom stereocenters. The Balaban J connectivity index is 1.46. The van der Waals surface area contributed by atoms with Crippen LogP contribution in [0.15, 0.2) is 30.3 Å². The van der Waals surface area contributed by atoms with Gasteiger partial charge in [-0.2, -0.15) is 22.8 Å². The van der Waals surface area contributed by atoms with Crippen molar-refractivity contribution in [1.82, 2.24) is 24.8 Å². The third-order valence-electron chi connectivity index (χ3n) is 8.38. The van der Waals surface area contributed by atoms with E-state index in [-0.39, 0.29) is 37.4 Å². The van der Waals surface area contributed by atoms with Gasteiger partial charge in [0.15, 0.2) is 5.65 Å². The maximum absolute atomic E-state index is 14.1. The molecule has 2 atom stereocenters. The molecule has 2 fully saturated rings. The average Bonchev–Trinajstić information content (AvgIpc) is 3.35. The van der Waals surface area contributed by atoms with Crippen molar-refractivity contribution in [2.75, 3.05) is 49.6 Å². The van der Waals surface area contributed by atoms with Gasteiger partial charge < -0.3 is 25.8 Å². The van der Waals surface area contributed by atoms with E-state index < -0.39 is 12.2 Å². The summed E-state index contributed by atoms with van der Waals surface area (Å²) in [6.45, 7) is 2.29. The monoisotopic (exact) mass is 590 g/mol. The van der Waals surface area contributed by atoms with Crippen molar-refractivity contribution < 1.29 is 18.0 Å². The Hall–Kier alpha value is -3.09. The molecule has 0 aliphatic carbocycles. The number of aryl methyl sites for hydroxylation is 1. The van der Waals surface area contributed by atoms with Crippen LogP contribution in [-0.2, 0) is 6.42 Å². The van der Waals surface area contributed by atoms with E-state index in [0.717, 1.165) is 30.8 Å². The Morgan fingerprint density at radius 1 is 1.10 bits per heavy atom. The first-order valence-electron chi connectivity index (χ1n) is 14.1. The number of hydrogen-bond acceptors (Lipinski definition) is 7. The summed E-state index contributed by atoms with van der Waals surface area (Å²) in [6.07, 6.45) is -2.06. The number of likely N-dealkylation sites (N-methyl/N-ethyl adjacent to an activating group) is 1. The summed E-state index contributed by atoms with van der Waals surface area (Å²) >= 11 is 6.29. The lowest BCUT2D eigenvalue weighted by Crippen LogP contribution is -2.56. The van der Waals surface area contributed by atoms with Crippen molar-refractivity contribution >= 4 is 34.8 Å². The highest BCUT2D eigenvalue weighted by atomic mass is 35.5. The van der Waals surface area contributed by atoms with E-state index in [1.807, 2.05) is 24.1 Å². The van der Waals surface area contributed by atoms with Gasteiger partial charge in [0.05, 0.1) is 11.7 Å². The molecule has 41 heavy (non-hydrogen) atoms. The van der Waals surface area contributed by atoms with Gasteiger partial charge in [0.2, 0.25) is 0 Å². The number of nitrogens with zero attached hydrogens (tertiary/aromatic N) is 6. The average molecular weight is 591 g/mol. The highest BCUT2D eigenvalue weighted by Crippen LogP contribution is 2.35. The Labute approximate surface area is 241 Å². The highest BCUT2D eigenvalue weighted by molar-refractivity contribution is 6.31. The Bertz CT molecular complexity index is 1440. The van der Waals surface area contributed by atoms with E-state index in [9.17, 15) is 18.0 Å².